The van der Waals surface area contributed by atoms with Crippen molar-refractivity contribution in [3.05, 3.63) is 27.6 Å². The molecule has 0 atom stereocenters. The van der Waals surface area contributed by atoms with Gasteiger partial charge in [0.05, 0.1) is 6.20 Å². The molecular formula is C5H3BrN4O. The summed E-state index contributed by atoms with van der Waals surface area (Å²) in [5, 5.41) is 5.90. The highest BCUT2D eigenvalue weighted by Crippen LogP contribution is 2.11. The van der Waals surface area contributed by atoms with Crippen LogP contribution in [0, 0.1) is 0 Å². The van der Waals surface area contributed by atoms with E-state index in [0.717, 1.165) is 0 Å². The zero-order valence-electron chi connectivity index (χ0n) is 5.28. The van der Waals surface area contributed by atoms with Gasteiger partial charge in [0, 0.05) is 0 Å². The van der Waals surface area contributed by atoms with Gasteiger partial charge >= 0.3 is 5.69 Å². The summed E-state index contributed by atoms with van der Waals surface area (Å²) in [6.45, 7) is 0. The van der Waals surface area contributed by atoms with Gasteiger partial charge in [-0.05, 0) is 15.9 Å². The van der Waals surface area contributed by atoms with Crippen LogP contribution in [0.15, 0.2) is 21.9 Å². The van der Waals surface area contributed by atoms with E-state index in [1.807, 2.05) is 0 Å². The molecule has 0 unspecified atom stereocenters. The van der Waals surface area contributed by atoms with Crippen LogP contribution in [0.5, 0.6) is 0 Å². The maximum absolute atomic E-state index is 11.0. The molecular weight excluding hydrogens is 212 g/mol. The Balaban J connectivity index is 3.06. The lowest BCUT2D eigenvalue weighted by Gasteiger charge is -1.87. The first kappa shape index (κ1) is 6.53. The minimum absolute atomic E-state index is 0.291. The molecule has 0 aromatic carbocycles. The van der Waals surface area contributed by atoms with E-state index in [2.05, 4.69) is 31.1 Å². The van der Waals surface area contributed by atoms with E-state index in [0.29, 0.717) is 10.1 Å². The Bertz CT molecular complexity index is 445. The number of fused-ring (bicyclic) bond motifs is 1. The zero-order valence-corrected chi connectivity index (χ0v) is 6.87. The number of imidazole rings is 1. The number of hydrogen-bond donors (Lipinski definition) is 1. The Labute approximate surface area is 69.2 Å². The van der Waals surface area contributed by atoms with E-state index in [4.69, 9.17) is 0 Å². The highest BCUT2D eigenvalue weighted by atomic mass is 79.9. The molecule has 1 N–H and O–H groups in total. The van der Waals surface area contributed by atoms with Crippen molar-refractivity contribution in [2.45, 2.75) is 0 Å². The molecule has 0 bridgehead atoms. The van der Waals surface area contributed by atoms with Gasteiger partial charge in [0.2, 0.25) is 0 Å². The molecule has 5 nitrogen and oxygen atoms in total. The normalized spacial score (nSPS) is 10.6. The molecule has 56 valence electrons. The summed E-state index contributed by atoms with van der Waals surface area (Å²) in [5.41, 5.74) is 0.370. The molecule has 11 heavy (non-hydrogen) atoms. The lowest BCUT2D eigenvalue weighted by molar-refractivity contribution is 0.885. The van der Waals surface area contributed by atoms with Crippen molar-refractivity contribution in [2.24, 2.45) is 0 Å². The Kier molecular flexibility index (Phi) is 1.28. The fourth-order valence-corrected chi connectivity index (χ4v) is 1.20. The van der Waals surface area contributed by atoms with Gasteiger partial charge in [-0.2, -0.15) is 5.10 Å². The Morgan fingerprint density at radius 2 is 2.45 bits per heavy atom. The van der Waals surface area contributed by atoms with E-state index in [1.165, 1.54) is 16.9 Å². The first-order valence-corrected chi connectivity index (χ1v) is 3.64. The second-order valence-electron chi connectivity index (χ2n) is 1.97. The smallest absolute Gasteiger partial charge is 0.247 e. The Hall–Kier alpha value is -1.17. The summed E-state index contributed by atoms with van der Waals surface area (Å²) in [4.78, 5) is 14.9. The van der Waals surface area contributed by atoms with E-state index in [1.54, 1.807) is 0 Å². The van der Waals surface area contributed by atoms with Crippen molar-refractivity contribution in [3.63, 3.8) is 0 Å². The maximum atomic E-state index is 11.0. The third-order valence-corrected chi connectivity index (χ3v) is 1.93. The third kappa shape index (κ3) is 0.864. The van der Waals surface area contributed by atoms with Crippen LogP contribution in [0.2, 0.25) is 0 Å². The van der Waals surface area contributed by atoms with Crippen molar-refractivity contribution in [2.75, 3.05) is 0 Å². The summed E-state index contributed by atoms with van der Waals surface area (Å²) in [6.07, 6.45) is 2.96. The highest BCUT2D eigenvalue weighted by Gasteiger charge is 2.01. The summed E-state index contributed by atoms with van der Waals surface area (Å²) in [6, 6.07) is 0. The van der Waals surface area contributed by atoms with E-state index >= 15 is 0 Å². The molecule has 0 fully saturated rings. The summed E-state index contributed by atoms with van der Waals surface area (Å²) >= 11 is 3.18. The van der Waals surface area contributed by atoms with Crippen LogP contribution in [-0.2, 0) is 0 Å². The molecule has 2 rings (SSSR count). The number of nitrogens with one attached hydrogen (secondary N) is 1. The summed E-state index contributed by atoms with van der Waals surface area (Å²) in [7, 11) is 0. The van der Waals surface area contributed by atoms with Crippen LogP contribution in [0.1, 0.15) is 0 Å². The van der Waals surface area contributed by atoms with Crippen LogP contribution >= 0.6 is 15.9 Å². The number of aromatic amines is 1. The average molecular weight is 215 g/mol. The SMILES string of the molecule is O=c1[nH]ncc2c(Br)ncn12. The Morgan fingerprint density at radius 3 is 3.18 bits per heavy atom. The van der Waals surface area contributed by atoms with Crippen LogP contribution in [0.25, 0.3) is 5.52 Å². The molecule has 0 saturated carbocycles. The van der Waals surface area contributed by atoms with Gasteiger partial charge in [0.15, 0.2) is 0 Å². The van der Waals surface area contributed by atoms with E-state index < -0.39 is 0 Å². The standard InChI is InChI=1S/C5H3BrN4O/c6-4-3-1-8-9-5(11)10(3)2-7-4/h1-2H,(H,9,11). The van der Waals surface area contributed by atoms with Crippen molar-refractivity contribution in [1.29, 1.82) is 0 Å². The van der Waals surface area contributed by atoms with E-state index in [9.17, 15) is 4.79 Å². The quantitative estimate of drug-likeness (QED) is 0.681. The molecule has 0 aliphatic carbocycles. The van der Waals surface area contributed by atoms with Crippen LogP contribution in [0.4, 0.5) is 0 Å². The number of nitrogens with zero attached hydrogens (tertiary/aromatic N) is 3. The topological polar surface area (TPSA) is 63.0 Å². The first-order valence-electron chi connectivity index (χ1n) is 2.85. The molecule has 0 amide bonds. The predicted molar refractivity (Wildman–Crippen MR) is 41.3 cm³/mol. The fourth-order valence-electron chi connectivity index (χ4n) is 0.816. The minimum atomic E-state index is -0.291. The Morgan fingerprint density at radius 1 is 1.64 bits per heavy atom. The predicted octanol–water partition coefficient (Wildman–Crippen LogP) is 0.180. The van der Waals surface area contributed by atoms with E-state index in [-0.39, 0.29) is 5.69 Å². The second kappa shape index (κ2) is 2.16. The maximum Gasteiger partial charge on any atom is 0.347 e. The van der Waals surface area contributed by atoms with Gasteiger partial charge in [-0.1, -0.05) is 0 Å². The first-order chi connectivity index (χ1) is 5.29. The van der Waals surface area contributed by atoms with Gasteiger partial charge in [-0.25, -0.2) is 19.3 Å². The zero-order chi connectivity index (χ0) is 7.84. The molecule has 2 heterocycles. The van der Waals surface area contributed by atoms with Crippen molar-refractivity contribution >= 4 is 21.4 Å². The molecule has 0 aliphatic heterocycles. The second-order valence-corrected chi connectivity index (χ2v) is 2.72. The van der Waals surface area contributed by atoms with Crippen LogP contribution in [0.3, 0.4) is 0 Å². The minimum Gasteiger partial charge on any atom is -0.247 e. The number of halogens is 1. The van der Waals surface area contributed by atoms with Gasteiger partial charge in [-0.15, -0.1) is 0 Å². The molecule has 0 radical (unpaired) electrons. The average Bonchev–Trinajstić information content (AvgIpc) is 2.35. The lowest BCUT2D eigenvalue weighted by atomic mass is 10.6. The molecule has 0 spiro atoms. The monoisotopic (exact) mass is 214 g/mol. The van der Waals surface area contributed by atoms with Crippen LogP contribution in [-0.4, -0.2) is 19.6 Å². The molecule has 2 aromatic rings. The summed E-state index contributed by atoms with van der Waals surface area (Å²) in [5.74, 6) is 0. The number of H-pyrrole nitrogens is 1. The third-order valence-electron chi connectivity index (χ3n) is 1.32. The summed E-state index contributed by atoms with van der Waals surface area (Å²) < 4.78 is 1.99. The fraction of sp³-hybridized carbons (Fsp3) is 0. The number of hydrogen-bond acceptors (Lipinski definition) is 3. The molecule has 0 aliphatic rings. The molecule has 6 heteroatoms. The highest BCUT2D eigenvalue weighted by molar-refractivity contribution is 9.10. The van der Waals surface area contributed by atoms with Crippen LogP contribution < -0.4 is 5.69 Å². The van der Waals surface area contributed by atoms with Gasteiger partial charge in [0.25, 0.3) is 0 Å². The largest absolute Gasteiger partial charge is 0.347 e. The van der Waals surface area contributed by atoms with Crippen molar-refractivity contribution in [3.8, 4) is 0 Å². The van der Waals surface area contributed by atoms with Crippen molar-refractivity contribution in [1.82, 2.24) is 19.6 Å². The van der Waals surface area contributed by atoms with Crippen molar-refractivity contribution < 1.29 is 0 Å². The number of aromatic nitrogens is 4. The molecule has 2 aromatic heterocycles. The number of rotatable bonds is 0. The van der Waals surface area contributed by atoms with Gasteiger partial charge in [-0.3, -0.25) is 0 Å². The van der Waals surface area contributed by atoms with Gasteiger partial charge < -0.3 is 0 Å². The molecule has 0 saturated heterocycles. The van der Waals surface area contributed by atoms with Gasteiger partial charge in [0.1, 0.15) is 16.4 Å². The lowest BCUT2D eigenvalue weighted by Crippen LogP contribution is -2.15.